The molecule has 0 amide bonds. The minimum atomic E-state index is -4.55. The van der Waals surface area contributed by atoms with Crippen LogP contribution >= 0.6 is 0 Å². The summed E-state index contributed by atoms with van der Waals surface area (Å²) < 4.78 is 42.0. The summed E-state index contributed by atoms with van der Waals surface area (Å²) in [4.78, 5) is 3.44. The third kappa shape index (κ3) is 1.87. The summed E-state index contributed by atoms with van der Waals surface area (Å²) in [6, 6.07) is 1.11. The van der Waals surface area contributed by atoms with Gasteiger partial charge in [0.25, 0.3) is 0 Å². The molecule has 0 aromatic carbocycles. The first-order chi connectivity index (χ1) is 6.50. The number of halogens is 3. The summed E-state index contributed by atoms with van der Waals surface area (Å²) in [6.45, 7) is 0. The molecule has 0 aliphatic heterocycles. The second-order valence-corrected chi connectivity index (χ2v) is 2.38. The van der Waals surface area contributed by atoms with Gasteiger partial charge in [-0.1, -0.05) is 0 Å². The summed E-state index contributed by atoms with van der Waals surface area (Å²) in [5.74, 6) is 4.12. The highest BCUT2D eigenvalue weighted by atomic mass is 19.4. The molecule has 0 fully saturated rings. The van der Waals surface area contributed by atoms with Gasteiger partial charge < -0.3 is 10.2 Å². The fraction of sp³-hybridized carbons (Fsp3) is 0.286. The molecule has 0 unspecified atom stereocenters. The van der Waals surface area contributed by atoms with E-state index in [4.69, 9.17) is 5.84 Å². The second kappa shape index (κ2) is 3.70. The number of pyridine rings is 1. The van der Waals surface area contributed by atoms with Gasteiger partial charge in [0, 0.05) is 6.20 Å². The molecule has 0 atom stereocenters. The Morgan fingerprint density at radius 2 is 2.14 bits per heavy atom. The maximum Gasteiger partial charge on any atom is 0.423 e. The van der Waals surface area contributed by atoms with Crippen molar-refractivity contribution in [2.24, 2.45) is 5.84 Å². The lowest BCUT2D eigenvalue weighted by atomic mass is 10.2. The summed E-state index contributed by atoms with van der Waals surface area (Å²) in [7, 11) is 1.14. The minimum Gasteiger partial charge on any atom is -0.496 e. The van der Waals surface area contributed by atoms with E-state index in [1.165, 1.54) is 6.20 Å². The molecule has 0 radical (unpaired) electrons. The third-order valence-electron chi connectivity index (χ3n) is 1.55. The van der Waals surface area contributed by atoms with Gasteiger partial charge in [-0.15, -0.1) is 0 Å². The first kappa shape index (κ1) is 10.6. The average Bonchev–Trinajstić information content (AvgIpc) is 2.15. The SMILES string of the molecule is COc1ccnc(NN)c1C(F)(F)F. The smallest absolute Gasteiger partial charge is 0.423 e. The Balaban J connectivity index is 3.34. The standard InChI is InChI=1S/C7H8F3N3O/c1-14-4-2-3-12-6(13-11)5(4)7(8,9)10/h2-3H,11H2,1H3,(H,12,13). The summed E-state index contributed by atoms with van der Waals surface area (Å²) >= 11 is 0. The number of aromatic nitrogens is 1. The molecule has 3 N–H and O–H groups in total. The van der Waals surface area contributed by atoms with E-state index in [1.54, 1.807) is 0 Å². The van der Waals surface area contributed by atoms with Crippen LogP contribution in [0.4, 0.5) is 19.0 Å². The molecule has 0 spiro atoms. The van der Waals surface area contributed by atoms with Crippen molar-refractivity contribution in [3.05, 3.63) is 17.8 Å². The number of hydrogen-bond acceptors (Lipinski definition) is 4. The Kier molecular flexibility index (Phi) is 2.80. The molecular formula is C7H8F3N3O. The van der Waals surface area contributed by atoms with E-state index in [9.17, 15) is 13.2 Å². The molecule has 7 heteroatoms. The molecule has 1 heterocycles. The van der Waals surface area contributed by atoms with Gasteiger partial charge in [-0.25, -0.2) is 10.8 Å². The van der Waals surface area contributed by atoms with Crippen LogP contribution < -0.4 is 16.0 Å². The Bertz CT molecular complexity index is 304. The lowest BCUT2D eigenvalue weighted by Crippen LogP contribution is -2.17. The quantitative estimate of drug-likeness (QED) is 0.568. The Hall–Kier alpha value is -1.50. The van der Waals surface area contributed by atoms with Crippen LogP contribution in [0.1, 0.15) is 5.56 Å². The molecule has 0 saturated heterocycles. The number of alkyl halides is 3. The zero-order chi connectivity index (χ0) is 10.8. The molecule has 0 aliphatic carbocycles. The third-order valence-corrected chi connectivity index (χ3v) is 1.55. The van der Waals surface area contributed by atoms with Crippen LogP contribution in [0.5, 0.6) is 5.75 Å². The highest BCUT2D eigenvalue weighted by Gasteiger charge is 2.38. The first-order valence-corrected chi connectivity index (χ1v) is 3.57. The first-order valence-electron chi connectivity index (χ1n) is 3.57. The van der Waals surface area contributed by atoms with Gasteiger partial charge in [0.05, 0.1) is 7.11 Å². The predicted molar refractivity (Wildman–Crippen MR) is 43.6 cm³/mol. The molecule has 0 aliphatic rings. The molecule has 1 rings (SSSR count). The molecular weight excluding hydrogens is 199 g/mol. The van der Waals surface area contributed by atoms with Crippen LogP contribution in [0.25, 0.3) is 0 Å². The van der Waals surface area contributed by atoms with Gasteiger partial charge >= 0.3 is 6.18 Å². The van der Waals surface area contributed by atoms with E-state index in [2.05, 4.69) is 9.72 Å². The highest BCUT2D eigenvalue weighted by molar-refractivity contribution is 5.52. The topological polar surface area (TPSA) is 60.2 Å². The highest BCUT2D eigenvalue weighted by Crippen LogP contribution is 2.39. The molecule has 0 bridgehead atoms. The van der Waals surface area contributed by atoms with Crippen LogP contribution in [0.3, 0.4) is 0 Å². The monoisotopic (exact) mass is 207 g/mol. The number of hydrazine groups is 1. The summed E-state index contributed by atoms with van der Waals surface area (Å²) in [6.07, 6.45) is -3.38. The van der Waals surface area contributed by atoms with Gasteiger partial charge in [-0.3, -0.25) is 0 Å². The van der Waals surface area contributed by atoms with E-state index in [0.29, 0.717) is 0 Å². The van der Waals surface area contributed by atoms with Crippen LogP contribution in [-0.4, -0.2) is 12.1 Å². The van der Waals surface area contributed by atoms with Crippen LogP contribution in [0, 0.1) is 0 Å². The van der Waals surface area contributed by atoms with Crippen molar-refractivity contribution in [1.82, 2.24) is 4.98 Å². The number of anilines is 1. The van der Waals surface area contributed by atoms with Gasteiger partial charge in [0.15, 0.2) is 5.82 Å². The molecule has 4 nitrogen and oxygen atoms in total. The van der Waals surface area contributed by atoms with Gasteiger partial charge in [0.2, 0.25) is 0 Å². The summed E-state index contributed by atoms with van der Waals surface area (Å²) in [5.41, 5.74) is 0.856. The predicted octanol–water partition coefficient (Wildman–Crippen LogP) is 1.39. The average molecular weight is 207 g/mol. The minimum absolute atomic E-state index is 0.319. The Morgan fingerprint density at radius 3 is 2.57 bits per heavy atom. The van der Waals surface area contributed by atoms with Crippen LogP contribution in [0.2, 0.25) is 0 Å². The van der Waals surface area contributed by atoms with Crippen molar-refractivity contribution in [2.75, 3.05) is 12.5 Å². The largest absolute Gasteiger partial charge is 0.496 e. The van der Waals surface area contributed by atoms with E-state index in [1.807, 2.05) is 5.43 Å². The second-order valence-electron chi connectivity index (χ2n) is 2.38. The fourth-order valence-electron chi connectivity index (χ4n) is 0.998. The summed E-state index contributed by atoms with van der Waals surface area (Å²) in [5, 5.41) is 0. The molecule has 1 aromatic heterocycles. The van der Waals surface area contributed by atoms with E-state index < -0.39 is 17.6 Å². The lowest BCUT2D eigenvalue weighted by Gasteiger charge is -2.14. The number of nitrogens with zero attached hydrogens (tertiary/aromatic N) is 1. The van der Waals surface area contributed by atoms with Crippen molar-refractivity contribution in [2.45, 2.75) is 6.18 Å². The maximum atomic E-state index is 12.5. The number of nitrogens with one attached hydrogen (secondary N) is 1. The number of ether oxygens (including phenoxy) is 1. The van der Waals surface area contributed by atoms with Crippen molar-refractivity contribution in [3.63, 3.8) is 0 Å². The maximum absolute atomic E-state index is 12.5. The van der Waals surface area contributed by atoms with Gasteiger partial charge in [-0.2, -0.15) is 13.2 Å². The number of nitrogen functional groups attached to an aromatic ring is 1. The number of rotatable bonds is 2. The zero-order valence-corrected chi connectivity index (χ0v) is 7.22. The van der Waals surface area contributed by atoms with E-state index in [-0.39, 0.29) is 5.75 Å². The van der Waals surface area contributed by atoms with Crippen molar-refractivity contribution < 1.29 is 17.9 Å². The molecule has 14 heavy (non-hydrogen) atoms. The zero-order valence-electron chi connectivity index (χ0n) is 7.22. The Morgan fingerprint density at radius 1 is 1.50 bits per heavy atom. The van der Waals surface area contributed by atoms with Crippen molar-refractivity contribution in [1.29, 1.82) is 0 Å². The fourth-order valence-corrected chi connectivity index (χ4v) is 0.998. The van der Waals surface area contributed by atoms with Crippen molar-refractivity contribution in [3.8, 4) is 5.75 Å². The number of methoxy groups -OCH3 is 1. The van der Waals surface area contributed by atoms with Crippen LogP contribution in [0.15, 0.2) is 12.3 Å². The van der Waals surface area contributed by atoms with Crippen LogP contribution in [-0.2, 0) is 6.18 Å². The molecule has 78 valence electrons. The van der Waals surface area contributed by atoms with Crippen molar-refractivity contribution >= 4 is 5.82 Å². The van der Waals surface area contributed by atoms with E-state index >= 15 is 0 Å². The molecule has 1 aromatic rings. The lowest BCUT2D eigenvalue weighted by molar-refractivity contribution is -0.138. The molecule has 0 saturated carbocycles. The Labute approximate surface area is 77.9 Å². The van der Waals surface area contributed by atoms with Gasteiger partial charge in [-0.05, 0) is 6.07 Å². The number of nitrogens with two attached hydrogens (primary N) is 1. The van der Waals surface area contributed by atoms with Gasteiger partial charge in [0.1, 0.15) is 11.3 Å². The number of hydrogen-bond donors (Lipinski definition) is 2. The van der Waals surface area contributed by atoms with E-state index in [0.717, 1.165) is 13.2 Å². The normalized spacial score (nSPS) is 11.2.